The predicted octanol–water partition coefficient (Wildman–Crippen LogP) is -0.586. The average molecular weight is 153 g/mol. The SMILES string of the molecule is CC(=O)NS(C)(=O)=S. The van der Waals surface area contributed by atoms with E-state index in [9.17, 15) is 9.00 Å². The zero-order chi connectivity index (χ0) is 6.78. The Kier molecular flexibility index (Phi) is 2.36. The predicted molar refractivity (Wildman–Crippen MR) is 35.2 cm³/mol. The van der Waals surface area contributed by atoms with Crippen LogP contribution in [0.15, 0.2) is 0 Å². The van der Waals surface area contributed by atoms with Gasteiger partial charge in [0, 0.05) is 24.4 Å². The van der Waals surface area contributed by atoms with E-state index < -0.39 is 8.68 Å². The lowest BCUT2D eigenvalue weighted by atomic mass is 10.8. The summed E-state index contributed by atoms with van der Waals surface area (Å²) in [5.74, 6) is -0.354. The number of hydrogen-bond donors (Lipinski definition) is 1. The first-order valence-electron chi connectivity index (χ1n) is 1.90. The first kappa shape index (κ1) is 7.84. The summed E-state index contributed by atoms with van der Waals surface area (Å²) >= 11 is 4.36. The number of amides is 1. The van der Waals surface area contributed by atoms with E-state index in [0.29, 0.717) is 0 Å². The lowest BCUT2D eigenvalue weighted by Gasteiger charge is -1.96. The summed E-state index contributed by atoms with van der Waals surface area (Å²) in [5.41, 5.74) is 0. The highest BCUT2D eigenvalue weighted by Gasteiger charge is 1.95. The molecule has 0 radical (unpaired) electrons. The summed E-state index contributed by atoms with van der Waals surface area (Å²) < 4.78 is 12.6. The van der Waals surface area contributed by atoms with E-state index in [1.807, 2.05) is 0 Å². The third kappa shape index (κ3) is 5.84. The summed E-state index contributed by atoms with van der Waals surface area (Å²) in [5, 5.41) is 0. The van der Waals surface area contributed by atoms with Crippen LogP contribution in [0.3, 0.4) is 0 Å². The number of rotatable bonds is 1. The van der Waals surface area contributed by atoms with Crippen LogP contribution >= 0.6 is 0 Å². The summed E-state index contributed by atoms with van der Waals surface area (Å²) in [7, 11) is -2.49. The molecule has 0 aliphatic rings. The van der Waals surface area contributed by atoms with Gasteiger partial charge in [-0.15, -0.1) is 0 Å². The van der Waals surface area contributed by atoms with E-state index in [-0.39, 0.29) is 5.91 Å². The standard InChI is InChI=1S/C3H7NO2S2/c1-3(5)4-8(2,6)7/h1-2H3,(H,4,5). The molecule has 0 fully saturated rings. The molecule has 0 aromatic carbocycles. The van der Waals surface area contributed by atoms with Crippen LogP contribution in [0.5, 0.6) is 0 Å². The van der Waals surface area contributed by atoms with Gasteiger partial charge in [0.15, 0.2) is 0 Å². The molecule has 1 N–H and O–H groups in total. The first-order chi connectivity index (χ1) is 3.42. The van der Waals surface area contributed by atoms with Crippen molar-refractivity contribution >= 4 is 25.8 Å². The third-order valence-corrected chi connectivity index (χ3v) is 1.24. The van der Waals surface area contributed by atoms with Gasteiger partial charge in [0.25, 0.3) is 0 Å². The average Bonchev–Trinajstić information content (AvgIpc) is 1.21. The van der Waals surface area contributed by atoms with Crippen molar-refractivity contribution in [2.75, 3.05) is 6.26 Å². The van der Waals surface area contributed by atoms with Crippen LogP contribution in [-0.2, 0) is 24.7 Å². The van der Waals surface area contributed by atoms with Gasteiger partial charge in [0.1, 0.15) is 8.68 Å². The fourth-order valence-electron chi connectivity index (χ4n) is 0.261. The molecule has 5 heteroatoms. The van der Waals surface area contributed by atoms with Crippen LogP contribution in [0.25, 0.3) is 0 Å². The molecule has 0 spiro atoms. The Bertz CT molecular complexity index is 181. The summed E-state index contributed by atoms with van der Waals surface area (Å²) in [6, 6.07) is 0. The van der Waals surface area contributed by atoms with Crippen LogP contribution in [0.2, 0.25) is 0 Å². The van der Waals surface area contributed by atoms with Crippen molar-refractivity contribution in [2.24, 2.45) is 0 Å². The molecule has 48 valence electrons. The Morgan fingerprint density at radius 1 is 1.75 bits per heavy atom. The normalized spacial score (nSPS) is 16.8. The molecule has 0 aromatic heterocycles. The van der Waals surface area contributed by atoms with Crippen molar-refractivity contribution in [1.29, 1.82) is 0 Å². The molecule has 0 rings (SSSR count). The molecular formula is C3H7NO2S2. The lowest BCUT2D eigenvalue weighted by molar-refractivity contribution is -0.117. The highest BCUT2D eigenvalue weighted by atomic mass is 32.8. The Balaban J connectivity index is 3.95. The molecule has 0 saturated carbocycles. The number of carbonyl (C=O) groups excluding carboxylic acids is 1. The van der Waals surface area contributed by atoms with Crippen molar-refractivity contribution < 1.29 is 9.00 Å². The number of hydrogen-bond acceptors (Lipinski definition) is 3. The second-order valence-corrected chi connectivity index (χ2v) is 5.09. The molecule has 0 heterocycles. The minimum Gasteiger partial charge on any atom is -0.275 e. The number of carbonyl (C=O) groups is 1. The van der Waals surface area contributed by atoms with Crippen LogP contribution in [0.1, 0.15) is 6.92 Å². The van der Waals surface area contributed by atoms with E-state index >= 15 is 0 Å². The molecule has 1 atom stereocenters. The fourth-order valence-corrected chi connectivity index (χ4v) is 1.14. The topological polar surface area (TPSA) is 46.2 Å². The Labute approximate surface area is 53.3 Å². The van der Waals surface area contributed by atoms with E-state index in [0.717, 1.165) is 0 Å². The molecule has 0 saturated heterocycles. The zero-order valence-electron chi connectivity index (χ0n) is 4.63. The maximum Gasteiger partial charge on any atom is 0.228 e. The second kappa shape index (κ2) is 2.41. The van der Waals surface area contributed by atoms with Gasteiger partial charge < -0.3 is 0 Å². The Morgan fingerprint density at radius 2 is 2.12 bits per heavy atom. The maximum absolute atomic E-state index is 10.5. The summed E-state index contributed by atoms with van der Waals surface area (Å²) in [4.78, 5) is 10.1. The van der Waals surface area contributed by atoms with Gasteiger partial charge in [0.2, 0.25) is 5.91 Å². The highest BCUT2D eigenvalue weighted by molar-refractivity contribution is 8.31. The summed E-state index contributed by atoms with van der Waals surface area (Å²) in [6.45, 7) is 1.27. The summed E-state index contributed by atoms with van der Waals surface area (Å²) in [6.07, 6.45) is 1.30. The second-order valence-electron chi connectivity index (χ2n) is 1.43. The highest BCUT2D eigenvalue weighted by Crippen LogP contribution is 1.72. The molecule has 0 aliphatic heterocycles. The molecular weight excluding hydrogens is 146 g/mol. The first-order valence-corrected chi connectivity index (χ1v) is 4.79. The fraction of sp³-hybridized carbons (Fsp3) is 0.667. The van der Waals surface area contributed by atoms with Gasteiger partial charge in [-0.3, -0.25) is 9.52 Å². The quantitative estimate of drug-likeness (QED) is 0.548. The molecule has 1 unspecified atom stereocenters. The van der Waals surface area contributed by atoms with Gasteiger partial charge in [0.05, 0.1) is 0 Å². The maximum atomic E-state index is 10.5. The van der Waals surface area contributed by atoms with Gasteiger partial charge in [-0.1, -0.05) is 0 Å². The molecule has 8 heavy (non-hydrogen) atoms. The van der Waals surface area contributed by atoms with Gasteiger partial charge in [-0.05, 0) is 0 Å². The lowest BCUT2D eigenvalue weighted by Crippen LogP contribution is -2.25. The van der Waals surface area contributed by atoms with Crippen LogP contribution in [0, 0.1) is 0 Å². The largest absolute Gasteiger partial charge is 0.275 e. The Hall–Kier alpha value is -0.160. The van der Waals surface area contributed by atoms with Crippen LogP contribution < -0.4 is 4.72 Å². The van der Waals surface area contributed by atoms with Crippen molar-refractivity contribution in [1.82, 2.24) is 4.72 Å². The smallest absolute Gasteiger partial charge is 0.228 e. The van der Waals surface area contributed by atoms with E-state index in [1.165, 1.54) is 13.2 Å². The van der Waals surface area contributed by atoms with Gasteiger partial charge in [-0.2, -0.15) is 0 Å². The van der Waals surface area contributed by atoms with E-state index in [4.69, 9.17) is 0 Å². The molecule has 0 aliphatic carbocycles. The number of nitrogens with one attached hydrogen (secondary N) is 1. The van der Waals surface area contributed by atoms with Gasteiger partial charge in [-0.25, -0.2) is 4.21 Å². The van der Waals surface area contributed by atoms with E-state index in [2.05, 4.69) is 15.9 Å². The molecule has 0 aromatic rings. The van der Waals surface area contributed by atoms with Crippen molar-refractivity contribution in [3.05, 3.63) is 0 Å². The van der Waals surface area contributed by atoms with E-state index in [1.54, 1.807) is 0 Å². The van der Waals surface area contributed by atoms with Gasteiger partial charge >= 0.3 is 0 Å². The molecule has 0 bridgehead atoms. The zero-order valence-corrected chi connectivity index (χ0v) is 6.27. The minimum absolute atomic E-state index is 0.354. The Morgan fingerprint density at radius 3 is 2.12 bits per heavy atom. The monoisotopic (exact) mass is 153 g/mol. The molecule has 3 nitrogen and oxygen atoms in total. The van der Waals surface area contributed by atoms with Crippen molar-refractivity contribution in [2.45, 2.75) is 6.92 Å². The van der Waals surface area contributed by atoms with Crippen molar-refractivity contribution in [3.63, 3.8) is 0 Å². The minimum atomic E-state index is -2.49. The van der Waals surface area contributed by atoms with Crippen molar-refractivity contribution in [3.8, 4) is 0 Å². The van der Waals surface area contributed by atoms with Crippen LogP contribution in [-0.4, -0.2) is 16.4 Å². The molecule has 1 amide bonds. The third-order valence-electron chi connectivity index (χ3n) is 0.329. The van der Waals surface area contributed by atoms with Crippen LogP contribution in [0.4, 0.5) is 0 Å².